The summed E-state index contributed by atoms with van der Waals surface area (Å²) < 4.78 is 0. The van der Waals surface area contributed by atoms with Gasteiger partial charge >= 0.3 is 5.97 Å². The van der Waals surface area contributed by atoms with E-state index in [-0.39, 0.29) is 5.96 Å². The summed E-state index contributed by atoms with van der Waals surface area (Å²) in [5.74, 6) is -1.11. The van der Waals surface area contributed by atoms with E-state index in [1.807, 2.05) is 0 Å². The average molecular weight is 174 g/mol. The largest absolute Gasteiger partial charge is 0.480 e. The van der Waals surface area contributed by atoms with Gasteiger partial charge in [-0.1, -0.05) is 0 Å². The molecule has 0 spiro atoms. The van der Waals surface area contributed by atoms with E-state index in [0.717, 1.165) is 0 Å². The first-order valence-electron chi connectivity index (χ1n) is 3.60. The van der Waals surface area contributed by atoms with Crippen LogP contribution in [0.15, 0.2) is 0 Å². The lowest BCUT2D eigenvalue weighted by Crippen LogP contribution is -2.34. The Morgan fingerprint density at radius 3 is 2.67 bits per heavy atom. The van der Waals surface area contributed by atoms with Crippen LogP contribution in [0.25, 0.3) is 0 Å². The monoisotopic (exact) mass is 174 g/mol. The maximum Gasteiger partial charge on any atom is 0.320 e. The van der Waals surface area contributed by atoms with E-state index in [1.165, 1.54) is 0 Å². The molecule has 6 heteroatoms. The minimum atomic E-state index is -1.00. The molecule has 0 aliphatic rings. The van der Waals surface area contributed by atoms with Crippen LogP contribution in [-0.4, -0.2) is 29.6 Å². The minimum Gasteiger partial charge on any atom is -0.480 e. The van der Waals surface area contributed by atoms with Crippen molar-refractivity contribution in [2.75, 3.05) is 6.54 Å². The highest BCUT2D eigenvalue weighted by Gasteiger charge is 2.09. The van der Waals surface area contributed by atoms with Gasteiger partial charge in [-0.15, -0.1) is 0 Å². The summed E-state index contributed by atoms with van der Waals surface area (Å²) in [6, 6.07) is -0.821. The van der Waals surface area contributed by atoms with Crippen molar-refractivity contribution < 1.29 is 9.90 Å². The third-order valence-corrected chi connectivity index (χ3v) is 1.32. The van der Waals surface area contributed by atoms with Crippen molar-refractivity contribution in [2.24, 2.45) is 11.5 Å². The second-order valence-electron chi connectivity index (χ2n) is 2.43. The number of hydrogen-bond donors (Lipinski definition) is 5. The molecule has 0 aliphatic carbocycles. The summed E-state index contributed by atoms with van der Waals surface area (Å²) in [4.78, 5) is 10.2. The molecule has 70 valence electrons. The fourth-order valence-electron chi connectivity index (χ4n) is 0.669. The van der Waals surface area contributed by atoms with Gasteiger partial charge in [0, 0.05) is 6.54 Å². The summed E-state index contributed by atoms with van der Waals surface area (Å²) in [7, 11) is 0. The minimum absolute atomic E-state index is 0.112. The van der Waals surface area contributed by atoms with Gasteiger partial charge < -0.3 is 21.9 Å². The van der Waals surface area contributed by atoms with Crippen LogP contribution < -0.4 is 16.8 Å². The first kappa shape index (κ1) is 10.7. The highest BCUT2D eigenvalue weighted by atomic mass is 16.4. The summed E-state index contributed by atoms with van der Waals surface area (Å²) >= 11 is 0. The number of carboxylic acid groups (broad SMARTS) is 1. The van der Waals surface area contributed by atoms with Crippen LogP contribution >= 0.6 is 0 Å². The van der Waals surface area contributed by atoms with Gasteiger partial charge in [-0.2, -0.15) is 0 Å². The summed E-state index contributed by atoms with van der Waals surface area (Å²) in [6.07, 6.45) is 0.975. The van der Waals surface area contributed by atoms with E-state index in [0.29, 0.717) is 19.4 Å². The molecular formula is C6H14N4O2. The van der Waals surface area contributed by atoms with Gasteiger partial charge in [-0.05, 0) is 12.8 Å². The number of carbonyl (C=O) groups is 1. The molecule has 0 unspecified atom stereocenters. The number of carboxylic acids is 1. The van der Waals surface area contributed by atoms with Gasteiger partial charge in [0.05, 0.1) is 0 Å². The predicted octanol–water partition coefficient (Wildman–Crippen LogP) is -1.34. The van der Waals surface area contributed by atoms with E-state index in [2.05, 4.69) is 5.32 Å². The van der Waals surface area contributed by atoms with Crippen molar-refractivity contribution in [3.8, 4) is 0 Å². The molecule has 0 saturated heterocycles. The third-order valence-electron chi connectivity index (χ3n) is 1.32. The van der Waals surface area contributed by atoms with Crippen molar-refractivity contribution in [1.82, 2.24) is 5.32 Å². The van der Waals surface area contributed by atoms with E-state index >= 15 is 0 Å². The standard InChI is InChI=1S/C6H14N4O2/c7-4(5(11)12)2-1-3-10-6(8)9/h4H,1-3,7H2,(H,11,12)(H4,8,9,10)/t4-/m0/s1/i1+0,2+0,3+0,4+0,5+0,6+0. The molecule has 0 aliphatic heterocycles. The van der Waals surface area contributed by atoms with Gasteiger partial charge in [0.25, 0.3) is 0 Å². The van der Waals surface area contributed by atoms with Crippen LogP contribution in [0.4, 0.5) is 0 Å². The molecule has 6 nitrogen and oxygen atoms in total. The average Bonchev–Trinajstić information content (AvgIpc) is 1.97. The van der Waals surface area contributed by atoms with Crippen LogP contribution in [0.1, 0.15) is 12.8 Å². The molecule has 0 rings (SSSR count). The first-order valence-corrected chi connectivity index (χ1v) is 3.60. The van der Waals surface area contributed by atoms with Crippen molar-refractivity contribution in [2.45, 2.75) is 18.9 Å². The first-order chi connectivity index (χ1) is 5.54. The molecular weight excluding hydrogens is 160 g/mol. The molecule has 0 fully saturated rings. The van der Waals surface area contributed by atoms with Crippen LogP contribution in [0.2, 0.25) is 0 Å². The Bertz CT molecular complexity index is 171. The van der Waals surface area contributed by atoms with E-state index in [4.69, 9.17) is 22.0 Å². The smallest absolute Gasteiger partial charge is 0.320 e. The number of guanidine groups is 1. The van der Waals surface area contributed by atoms with E-state index in [1.54, 1.807) is 0 Å². The normalized spacial score (nSPS) is 12.1. The maximum absolute atomic E-state index is 10.2. The molecule has 12 heavy (non-hydrogen) atoms. The lowest BCUT2D eigenvalue weighted by molar-refractivity contribution is -0.138. The van der Waals surface area contributed by atoms with Gasteiger partial charge in [0.1, 0.15) is 6.04 Å². The van der Waals surface area contributed by atoms with Crippen LogP contribution in [0.3, 0.4) is 0 Å². The highest BCUT2D eigenvalue weighted by molar-refractivity contribution is 5.74. The molecule has 0 radical (unpaired) electrons. The molecule has 0 aromatic carbocycles. The maximum atomic E-state index is 10.2. The quantitative estimate of drug-likeness (QED) is 0.200. The van der Waals surface area contributed by atoms with Crippen molar-refractivity contribution in [3.05, 3.63) is 0 Å². The number of nitrogens with two attached hydrogens (primary N) is 2. The van der Waals surface area contributed by atoms with Gasteiger partial charge in [-0.3, -0.25) is 10.2 Å². The molecule has 0 aromatic heterocycles. The number of nitrogens with one attached hydrogen (secondary N) is 2. The Labute approximate surface area is 70.4 Å². The Balaban J connectivity index is 3.31. The molecule has 1 atom stereocenters. The molecule has 0 amide bonds. The molecule has 0 aromatic rings. The Morgan fingerprint density at radius 1 is 1.67 bits per heavy atom. The highest BCUT2D eigenvalue weighted by Crippen LogP contribution is 1.92. The molecule has 0 saturated carbocycles. The van der Waals surface area contributed by atoms with Crippen LogP contribution in [0, 0.1) is 5.41 Å². The van der Waals surface area contributed by atoms with Gasteiger partial charge in [-0.25, -0.2) is 0 Å². The lowest BCUT2D eigenvalue weighted by atomic mass is 10.1. The Morgan fingerprint density at radius 2 is 2.25 bits per heavy atom. The molecule has 0 bridgehead atoms. The number of aliphatic carboxylic acids is 1. The summed E-state index contributed by atoms with van der Waals surface area (Å²) in [5, 5.41) is 17.7. The zero-order chi connectivity index (χ0) is 9.56. The Kier molecular flexibility index (Phi) is 4.78. The van der Waals surface area contributed by atoms with Gasteiger partial charge in [0.15, 0.2) is 5.96 Å². The summed E-state index contributed by atoms with van der Waals surface area (Å²) in [5.41, 5.74) is 10.2. The van der Waals surface area contributed by atoms with Crippen molar-refractivity contribution in [3.63, 3.8) is 0 Å². The van der Waals surface area contributed by atoms with E-state index < -0.39 is 12.0 Å². The van der Waals surface area contributed by atoms with Crippen molar-refractivity contribution >= 4 is 11.9 Å². The van der Waals surface area contributed by atoms with Crippen LogP contribution in [-0.2, 0) is 4.79 Å². The Hall–Kier alpha value is -1.30. The second kappa shape index (κ2) is 5.36. The second-order valence-corrected chi connectivity index (χ2v) is 2.43. The van der Waals surface area contributed by atoms with Gasteiger partial charge in [0.2, 0.25) is 0 Å². The number of rotatable bonds is 5. The fourth-order valence-corrected chi connectivity index (χ4v) is 0.669. The SMILES string of the molecule is N=[12C](N)N[12CH2][12CH2][12CH2][12C@H](N)[12C](=O)O. The lowest BCUT2D eigenvalue weighted by Gasteiger charge is -2.06. The fraction of sp³-hybridized carbons (Fsp3) is 0.667. The predicted molar refractivity (Wildman–Crippen MR) is 44.8 cm³/mol. The third kappa shape index (κ3) is 5.48. The van der Waals surface area contributed by atoms with E-state index in [9.17, 15) is 4.79 Å². The molecule has 0 heterocycles. The zero-order valence-electron chi connectivity index (χ0n) is 6.71. The zero-order valence-corrected chi connectivity index (χ0v) is 6.71. The summed E-state index contributed by atoms with van der Waals surface area (Å²) in [6.45, 7) is 0.482. The van der Waals surface area contributed by atoms with Crippen molar-refractivity contribution in [1.29, 1.82) is 5.41 Å². The van der Waals surface area contributed by atoms with Crippen LogP contribution in [0.5, 0.6) is 0 Å². The topological polar surface area (TPSA) is 125 Å². The number of hydrogen-bond acceptors (Lipinski definition) is 3. The molecule has 7 N–H and O–H groups in total.